The number of methoxy groups -OCH3 is 2. The molecule has 2 N–H and O–H groups in total. The van der Waals surface area contributed by atoms with E-state index >= 15 is 0 Å². The Morgan fingerprint density at radius 2 is 1.86 bits per heavy atom. The third-order valence-corrected chi connectivity index (χ3v) is 5.69. The molecule has 0 aliphatic heterocycles. The fourth-order valence-electron chi connectivity index (χ4n) is 4.15. The molecule has 0 spiro atoms. The number of aryl methyl sites for hydroxylation is 2. The van der Waals surface area contributed by atoms with Crippen LogP contribution in [0, 0.1) is 0 Å². The molecule has 0 heterocycles. The number of fused-ring (bicyclic) bond motifs is 1. The highest BCUT2D eigenvalue weighted by Gasteiger charge is 2.18. The number of carbonyl (C=O) groups excluding carboxylic acids is 1. The van der Waals surface area contributed by atoms with Crippen molar-refractivity contribution >= 4 is 5.91 Å². The monoisotopic (exact) mass is 397 g/mol. The highest BCUT2D eigenvalue weighted by Crippen LogP contribution is 2.30. The fourth-order valence-corrected chi connectivity index (χ4v) is 4.15. The lowest BCUT2D eigenvalue weighted by molar-refractivity contribution is -0.885. The van der Waals surface area contributed by atoms with Crippen LogP contribution in [-0.4, -0.2) is 33.7 Å². The summed E-state index contributed by atoms with van der Waals surface area (Å²) in [7, 11) is 5.29. The first kappa shape index (κ1) is 21.2. The normalized spacial score (nSPS) is 15.2. The molecule has 1 aliphatic carbocycles. The number of hydrogen-bond donors (Lipinski definition) is 2. The van der Waals surface area contributed by atoms with Gasteiger partial charge in [-0.2, -0.15) is 0 Å². The van der Waals surface area contributed by atoms with Crippen molar-refractivity contribution in [2.75, 3.05) is 27.8 Å². The summed E-state index contributed by atoms with van der Waals surface area (Å²) in [5.74, 6) is 1.50. The summed E-state index contributed by atoms with van der Waals surface area (Å²) in [4.78, 5) is 13.7. The SMILES string of the molecule is COc1cccc(C[NH+](C)CC(=O)N[C@@H](C)c2ccc3c(c2)CCCC3)c1OC. The molecule has 156 valence electrons. The smallest absolute Gasteiger partial charge is 0.275 e. The topological polar surface area (TPSA) is 52.0 Å². The van der Waals surface area contributed by atoms with Crippen molar-refractivity contribution in [2.45, 2.75) is 45.2 Å². The van der Waals surface area contributed by atoms with Crippen LogP contribution in [0.4, 0.5) is 0 Å². The molecular formula is C24H33N2O3+. The maximum Gasteiger partial charge on any atom is 0.275 e. The predicted octanol–water partition coefficient (Wildman–Crippen LogP) is 2.47. The van der Waals surface area contributed by atoms with Crippen molar-refractivity contribution in [3.05, 3.63) is 58.7 Å². The van der Waals surface area contributed by atoms with Gasteiger partial charge < -0.3 is 19.7 Å². The number of amides is 1. The van der Waals surface area contributed by atoms with Gasteiger partial charge in [-0.1, -0.05) is 24.3 Å². The standard InChI is InChI=1S/C24H32N2O3/c1-17(19-13-12-18-8-5-6-9-20(18)14-19)25-23(27)16-26(2)15-21-10-7-11-22(28-3)24(21)29-4/h7,10-14,17H,5-6,8-9,15-16H2,1-4H3,(H,25,27)/p+1/t17-/m0/s1. The van der Waals surface area contributed by atoms with E-state index in [-0.39, 0.29) is 11.9 Å². The number of nitrogens with one attached hydrogen (secondary N) is 2. The molecular weight excluding hydrogens is 364 g/mol. The van der Waals surface area contributed by atoms with E-state index in [1.165, 1.54) is 36.0 Å². The second-order valence-electron chi connectivity index (χ2n) is 7.99. The molecule has 29 heavy (non-hydrogen) atoms. The van der Waals surface area contributed by atoms with E-state index in [1.54, 1.807) is 14.2 Å². The minimum Gasteiger partial charge on any atom is -0.493 e. The number of benzene rings is 2. The summed E-state index contributed by atoms with van der Waals surface area (Å²) in [6, 6.07) is 12.5. The number of rotatable bonds is 8. The lowest BCUT2D eigenvalue weighted by atomic mass is 9.89. The van der Waals surface area contributed by atoms with Gasteiger partial charge in [0.1, 0.15) is 6.54 Å². The molecule has 5 nitrogen and oxygen atoms in total. The number of ether oxygens (including phenoxy) is 2. The molecule has 0 fully saturated rings. The molecule has 1 unspecified atom stereocenters. The first-order valence-electron chi connectivity index (χ1n) is 10.4. The number of para-hydroxylation sites is 1. The summed E-state index contributed by atoms with van der Waals surface area (Å²) in [5, 5.41) is 3.16. The van der Waals surface area contributed by atoms with Crippen molar-refractivity contribution in [1.29, 1.82) is 0 Å². The van der Waals surface area contributed by atoms with Gasteiger partial charge >= 0.3 is 0 Å². The zero-order chi connectivity index (χ0) is 20.8. The van der Waals surface area contributed by atoms with E-state index in [0.29, 0.717) is 18.8 Å². The van der Waals surface area contributed by atoms with E-state index in [9.17, 15) is 4.79 Å². The lowest BCUT2D eigenvalue weighted by Crippen LogP contribution is -3.08. The van der Waals surface area contributed by atoms with Crippen molar-refractivity contribution < 1.29 is 19.2 Å². The average Bonchev–Trinajstić information content (AvgIpc) is 2.72. The van der Waals surface area contributed by atoms with Crippen LogP contribution >= 0.6 is 0 Å². The Morgan fingerprint density at radius 1 is 1.10 bits per heavy atom. The van der Waals surface area contributed by atoms with Crippen LogP contribution in [0.25, 0.3) is 0 Å². The summed E-state index contributed by atoms with van der Waals surface area (Å²) < 4.78 is 10.9. The van der Waals surface area contributed by atoms with Crippen molar-refractivity contribution in [3.63, 3.8) is 0 Å². The van der Waals surface area contributed by atoms with Crippen molar-refractivity contribution in [3.8, 4) is 11.5 Å². The summed E-state index contributed by atoms with van der Waals surface area (Å²) in [6.07, 6.45) is 4.88. The van der Waals surface area contributed by atoms with Crippen LogP contribution < -0.4 is 19.7 Å². The first-order valence-corrected chi connectivity index (χ1v) is 10.4. The number of carbonyl (C=O) groups is 1. The Balaban J connectivity index is 1.58. The van der Waals surface area contributed by atoms with Gasteiger partial charge in [-0.15, -0.1) is 0 Å². The molecule has 3 rings (SSSR count). The van der Waals surface area contributed by atoms with Crippen molar-refractivity contribution in [2.24, 2.45) is 0 Å². The Hall–Kier alpha value is -2.53. The molecule has 0 saturated heterocycles. The number of hydrogen-bond acceptors (Lipinski definition) is 3. The molecule has 2 aromatic carbocycles. The van der Waals surface area contributed by atoms with Gasteiger partial charge in [0, 0.05) is 0 Å². The van der Waals surface area contributed by atoms with Gasteiger partial charge in [-0.3, -0.25) is 4.79 Å². The maximum atomic E-state index is 12.6. The average molecular weight is 398 g/mol. The van der Waals surface area contributed by atoms with E-state index in [4.69, 9.17) is 9.47 Å². The zero-order valence-electron chi connectivity index (χ0n) is 18.0. The minimum atomic E-state index is 0.00822. The molecule has 1 aliphatic rings. The molecule has 1 amide bonds. The van der Waals surface area contributed by atoms with Crippen LogP contribution in [0.5, 0.6) is 11.5 Å². The van der Waals surface area contributed by atoms with Gasteiger partial charge in [0.15, 0.2) is 18.0 Å². The van der Waals surface area contributed by atoms with Crippen LogP contribution in [0.1, 0.15) is 48.1 Å². The van der Waals surface area contributed by atoms with Gasteiger partial charge in [0.05, 0.1) is 32.9 Å². The Labute approximate surface area is 174 Å². The first-order chi connectivity index (χ1) is 14.0. The summed E-state index contributed by atoms with van der Waals surface area (Å²) in [5.41, 5.74) is 5.13. The third kappa shape index (κ3) is 5.30. The third-order valence-electron chi connectivity index (χ3n) is 5.69. The minimum absolute atomic E-state index is 0.00822. The van der Waals surface area contributed by atoms with E-state index in [0.717, 1.165) is 22.6 Å². The van der Waals surface area contributed by atoms with E-state index in [1.807, 2.05) is 25.2 Å². The second-order valence-corrected chi connectivity index (χ2v) is 7.99. The van der Waals surface area contributed by atoms with E-state index in [2.05, 4.69) is 30.4 Å². The largest absolute Gasteiger partial charge is 0.493 e. The van der Waals surface area contributed by atoms with Gasteiger partial charge in [0.2, 0.25) is 0 Å². The maximum absolute atomic E-state index is 12.6. The molecule has 0 bridgehead atoms. The summed E-state index contributed by atoms with van der Waals surface area (Å²) in [6.45, 7) is 3.14. The lowest BCUT2D eigenvalue weighted by Gasteiger charge is -2.21. The van der Waals surface area contributed by atoms with E-state index < -0.39 is 0 Å². The van der Waals surface area contributed by atoms with Crippen LogP contribution in [0.3, 0.4) is 0 Å². The molecule has 0 radical (unpaired) electrons. The van der Waals surface area contributed by atoms with Gasteiger partial charge in [-0.25, -0.2) is 0 Å². The molecule has 2 aromatic rings. The Kier molecular flexibility index (Phi) is 7.15. The number of quaternary nitrogens is 1. The predicted molar refractivity (Wildman–Crippen MR) is 115 cm³/mol. The fraction of sp³-hybridized carbons (Fsp3) is 0.458. The highest BCUT2D eigenvalue weighted by atomic mass is 16.5. The second kappa shape index (κ2) is 9.79. The van der Waals surface area contributed by atoms with Crippen LogP contribution in [0.2, 0.25) is 0 Å². The molecule has 0 aromatic heterocycles. The van der Waals surface area contributed by atoms with Crippen LogP contribution in [-0.2, 0) is 24.2 Å². The molecule has 2 atom stereocenters. The highest BCUT2D eigenvalue weighted by molar-refractivity contribution is 5.77. The quantitative estimate of drug-likeness (QED) is 0.720. The Morgan fingerprint density at radius 3 is 2.59 bits per heavy atom. The van der Waals surface area contributed by atoms with Gasteiger partial charge in [0.25, 0.3) is 5.91 Å². The van der Waals surface area contributed by atoms with Crippen molar-refractivity contribution in [1.82, 2.24) is 5.32 Å². The number of likely N-dealkylation sites (N-methyl/N-ethyl adjacent to an activating group) is 1. The van der Waals surface area contributed by atoms with Gasteiger partial charge in [-0.05, 0) is 61.4 Å². The molecule has 0 saturated carbocycles. The van der Waals surface area contributed by atoms with Crippen LogP contribution in [0.15, 0.2) is 36.4 Å². The molecule has 5 heteroatoms. The zero-order valence-corrected chi connectivity index (χ0v) is 18.0. The Bertz CT molecular complexity index is 850. The summed E-state index contributed by atoms with van der Waals surface area (Å²) >= 11 is 0.